The summed E-state index contributed by atoms with van der Waals surface area (Å²) < 4.78 is 6.29. The minimum Gasteiger partial charge on any atom is -0.491 e. The zero-order valence-electron chi connectivity index (χ0n) is 23.4. The van der Waals surface area contributed by atoms with E-state index in [0.29, 0.717) is 42.6 Å². The number of rotatable bonds is 10. The van der Waals surface area contributed by atoms with E-state index in [2.05, 4.69) is 37.8 Å². The van der Waals surface area contributed by atoms with Crippen molar-refractivity contribution in [2.75, 3.05) is 31.1 Å². The van der Waals surface area contributed by atoms with Gasteiger partial charge in [0.1, 0.15) is 17.3 Å². The van der Waals surface area contributed by atoms with Gasteiger partial charge in [-0.15, -0.1) is 0 Å². The second kappa shape index (κ2) is 11.0. The molecule has 2 aliphatic heterocycles. The molecule has 1 aromatic heterocycles. The Morgan fingerprint density at radius 3 is 2.54 bits per heavy atom. The first kappa shape index (κ1) is 27.2. The van der Waals surface area contributed by atoms with E-state index in [1.165, 1.54) is 6.42 Å². The van der Waals surface area contributed by atoms with E-state index in [9.17, 15) is 9.59 Å². The number of amidine groups is 1. The molecule has 0 bridgehead atoms. The third-order valence-electron chi connectivity index (χ3n) is 7.91. The van der Waals surface area contributed by atoms with Crippen molar-refractivity contribution in [2.24, 2.45) is 0 Å². The standard InChI is InChI=1S/C31H40N4O4/c1-31(2,3)23-16-22(17-25(34-13-5-4-6-14-34)29(23)39-15-7-8-27(37)38)26(36)19-35-18-21-11-12-24(20-9-10-20)33-28(21)30(35)32/h11-12,16-17,20,32H,4-10,13-15,18-19H2,1-3H3,(H,37,38). The summed E-state index contributed by atoms with van der Waals surface area (Å²) in [5.41, 5.74) is 4.97. The minimum atomic E-state index is -0.833. The van der Waals surface area contributed by atoms with Crippen LogP contribution in [0.15, 0.2) is 24.3 Å². The number of carbonyl (C=O) groups excluding carboxylic acids is 1. The van der Waals surface area contributed by atoms with Gasteiger partial charge in [-0.05, 0) is 62.1 Å². The van der Waals surface area contributed by atoms with Crippen molar-refractivity contribution in [3.63, 3.8) is 0 Å². The van der Waals surface area contributed by atoms with E-state index in [0.717, 1.165) is 67.0 Å². The first-order valence-corrected chi connectivity index (χ1v) is 14.3. The molecule has 3 aliphatic rings. The van der Waals surface area contributed by atoms with Gasteiger partial charge in [-0.2, -0.15) is 0 Å². The smallest absolute Gasteiger partial charge is 0.303 e. The van der Waals surface area contributed by atoms with Crippen LogP contribution in [0.1, 0.15) is 105 Å². The number of ketones is 1. The molecule has 8 heteroatoms. The van der Waals surface area contributed by atoms with E-state index < -0.39 is 5.97 Å². The molecule has 1 aliphatic carbocycles. The Bertz CT molecular complexity index is 1270. The summed E-state index contributed by atoms with van der Waals surface area (Å²) in [6, 6.07) is 8.03. The van der Waals surface area contributed by atoms with E-state index in [1.54, 1.807) is 0 Å². The lowest BCUT2D eigenvalue weighted by Gasteiger charge is -2.34. The van der Waals surface area contributed by atoms with Gasteiger partial charge < -0.3 is 19.6 Å². The lowest BCUT2D eigenvalue weighted by molar-refractivity contribution is -0.137. The molecule has 5 rings (SSSR count). The topological polar surface area (TPSA) is 107 Å². The zero-order chi connectivity index (χ0) is 27.7. The number of piperidine rings is 1. The van der Waals surface area contributed by atoms with Crippen molar-refractivity contribution in [2.45, 2.75) is 83.6 Å². The molecular weight excluding hydrogens is 492 g/mol. The Morgan fingerprint density at radius 1 is 1.13 bits per heavy atom. The monoisotopic (exact) mass is 532 g/mol. The van der Waals surface area contributed by atoms with Gasteiger partial charge in [-0.1, -0.05) is 26.8 Å². The largest absolute Gasteiger partial charge is 0.491 e. The number of carboxylic acid groups (broad SMARTS) is 1. The lowest BCUT2D eigenvalue weighted by atomic mass is 9.84. The molecule has 2 aromatic rings. The molecule has 1 aromatic carbocycles. The quantitative estimate of drug-likeness (QED) is 0.307. The Hall–Kier alpha value is -3.42. The number of anilines is 1. The zero-order valence-corrected chi connectivity index (χ0v) is 23.4. The maximum absolute atomic E-state index is 13.8. The Morgan fingerprint density at radius 2 is 1.87 bits per heavy atom. The molecule has 0 amide bonds. The summed E-state index contributed by atoms with van der Waals surface area (Å²) in [5, 5.41) is 17.8. The predicted molar refractivity (Wildman–Crippen MR) is 151 cm³/mol. The molecule has 208 valence electrons. The molecule has 8 nitrogen and oxygen atoms in total. The van der Waals surface area contributed by atoms with Crippen LogP contribution in [0.3, 0.4) is 0 Å². The number of pyridine rings is 1. The summed E-state index contributed by atoms with van der Waals surface area (Å²) in [4.78, 5) is 33.7. The predicted octanol–water partition coefficient (Wildman–Crippen LogP) is 5.51. The van der Waals surface area contributed by atoms with Crippen LogP contribution >= 0.6 is 0 Å². The Labute approximate surface area is 230 Å². The summed E-state index contributed by atoms with van der Waals surface area (Å²) in [5.74, 6) is 0.736. The number of carbonyl (C=O) groups is 2. The summed E-state index contributed by atoms with van der Waals surface area (Å²) in [7, 11) is 0. The number of hydrogen-bond donors (Lipinski definition) is 2. The van der Waals surface area contributed by atoms with Crippen molar-refractivity contribution in [1.29, 1.82) is 5.41 Å². The normalized spacial score (nSPS) is 17.4. The number of benzene rings is 1. The highest BCUT2D eigenvalue weighted by Crippen LogP contribution is 2.42. The fraction of sp³-hybridized carbons (Fsp3) is 0.548. The van der Waals surface area contributed by atoms with Gasteiger partial charge in [-0.25, -0.2) is 4.98 Å². The lowest BCUT2D eigenvalue weighted by Crippen LogP contribution is -2.32. The molecular formula is C31H40N4O4. The van der Waals surface area contributed by atoms with Gasteiger partial charge in [0.15, 0.2) is 5.78 Å². The van der Waals surface area contributed by atoms with Gasteiger partial charge in [0.2, 0.25) is 0 Å². The number of hydrogen-bond acceptors (Lipinski definition) is 6. The maximum atomic E-state index is 13.8. The number of carboxylic acids is 1. The third-order valence-corrected chi connectivity index (χ3v) is 7.91. The summed E-state index contributed by atoms with van der Waals surface area (Å²) >= 11 is 0. The van der Waals surface area contributed by atoms with Gasteiger partial charge in [-0.3, -0.25) is 15.0 Å². The number of Topliss-reactive ketones (excluding diaryl/α,β-unsaturated/α-hetero) is 1. The molecule has 2 fully saturated rings. The average Bonchev–Trinajstić information content (AvgIpc) is 3.71. The van der Waals surface area contributed by atoms with Crippen LogP contribution in [0.5, 0.6) is 5.75 Å². The van der Waals surface area contributed by atoms with Crippen molar-refractivity contribution < 1.29 is 19.4 Å². The Kier molecular flexibility index (Phi) is 7.65. The van der Waals surface area contributed by atoms with E-state index in [-0.39, 0.29) is 24.2 Å². The molecule has 1 saturated heterocycles. The highest BCUT2D eigenvalue weighted by Gasteiger charge is 2.32. The second-order valence-corrected chi connectivity index (χ2v) is 12.2. The molecule has 39 heavy (non-hydrogen) atoms. The maximum Gasteiger partial charge on any atom is 0.303 e. The van der Waals surface area contributed by atoms with Gasteiger partial charge >= 0.3 is 5.97 Å². The second-order valence-electron chi connectivity index (χ2n) is 12.2. The average molecular weight is 533 g/mol. The molecule has 2 N–H and O–H groups in total. The van der Waals surface area contributed by atoms with Crippen molar-refractivity contribution in [3.05, 3.63) is 52.3 Å². The molecule has 0 radical (unpaired) electrons. The molecule has 0 spiro atoms. The highest BCUT2D eigenvalue weighted by molar-refractivity contribution is 6.05. The fourth-order valence-electron chi connectivity index (χ4n) is 5.53. The van der Waals surface area contributed by atoms with Crippen LogP contribution in [-0.4, -0.2) is 58.8 Å². The molecule has 0 unspecified atom stereocenters. The SMILES string of the molecule is CC(C)(C)c1cc(C(=O)CN2Cc3ccc(C4CC4)nc3C2=N)cc(N2CCCCC2)c1OCCCC(=O)O. The Balaban J connectivity index is 1.42. The van der Waals surface area contributed by atoms with Crippen LogP contribution in [-0.2, 0) is 16.8 Å². The van der Waals surface area contributed by atoms with E-state index in [4.69, 9.17) is 20.2 Å². The van der Waals surface area contributed by atoms with Gasteiger partial charge in [0.25, 0.3) is 0 Å². The fourth-order valence-corrected chi connectivity index (χ4v) is 5.53. The molecule has 3 heterocycles. The number of ether oxygens (including phenoxy) is 1. The molecule has 0 atom stereocenters. The van der Waals surface area contributed by atoms with Gasteiger partial charge in [0, 0.05) is 54.4 Å². The number of aromatic nitrogens is 1. The van der Waals surface area contributed by atoms with Crippen molar-refractivity contribution in [1.82, 2.24) is 9.88 Å². The number of nitrogens with zero attached hydrogens (tertiary/aromatic N) is 3. The van der Waals surface area contributed by atoms with Crippen LogP contribution in [0.25, 0.3) is 0 Å². The summed E-state index contributed by atoms with van der Waals surface area (Å²) in [6.07, 6.45) is 6.16. The number of aliphatic carboxylic acids is 1. The number of nitrogens with one attached hydrogen (secondary N) is 1. The third kappa shape index (κ3) is 6.10. The minimum absolute atomic E-state index is 0.0313. The summed E-state index contributed by atoms with van der Waals surface area (Å²) in [6.45, 7) is 9.07. The van der Waals surface area contributed by atoms with Crippen LogP contribution in [0.2, 0.25) is 0 Å². The number of fused-ring (bicyclic) bond motifs is 1. The van der Waals surface area contributed by atoms with Gasteiger partial charge in [0.05, 0.1) is 18.8 Å². The van der Waals surface area contributed by atoms with Crippen molar-refractivity contribution >= 4 is 23.3 Å². The first-order valence-electron chi connectivity index (χ1n) is 14.3. The van der Waals surface area contributed by atoms with Crippen LogP contribution in [0, 0.1) is 5.41 Å². The van der Waals surface area contributed by atoms with E-state index in [1.807, 2.05) is 17.0 Å². The van der Waals surface area contributed by atoms with Crippen molar-refractivity contribution in [3.8, 4) is 5.75 Å². The molecule has 1 saturated carbocycles. The van der Waals surface area contributed by atoms with E-state index >= 15 is 0 Å². The van der Waals surface area contributed by atoms with Crippen LogP contribution in [0.4, 0.5) is 5.69 Å². The first-order chi connectivity index (χ1) is 18.6. The van der Waals surface area contributed by atoms with Crippen LogP contribution < -0.4 is 9.64 Å². The highest BCUT2D eigenvalue weighted by atomic mass is 16.5.